The summed E-state index contributed by atoms with van der Waals surface area (Å²) in [6.45, 7) is 6.65. The summed E-state index contributed by atoms with van der Waals surface area (Å²) in [5.41, 5.74) is 2.34. The number of rotatable bonds is 5. The summed E-state index contributed by atoms with van der Waals surface area (Å²) in [5, 5.41) is 4.66. The molecule has 0 saturated carbocycles. The van der Waals surface area contributed by atoms with E-state index in [0.29, 0.717) is 36.5 Å². The fourth-order valence-electron chi connectivity index (χ4n) is 6.05. The van der Waals surface area contributed by atoms with Crippen LogP contribution in [0.4, 0.5) is 0 Å². The lowest BCUT2D eigenvalue weighted by Gasteiger charge is -2.39. The van der Waals surface area contributed by atoms with E-state index in [2.05, 4.69) is 15.3 Å². The topological polar surface area (TPSA) is 128 Å². The minimum Gasteiger partial charge on any atom is -0.465 e. The summed E-state index contributed by atoms with van der Waals surface area (Å²) in [5.74, 6) is -1.04. The number of benzene rings is 2. The van der Waals surface area contributed by atoms with Crippen LogP contribution in [0.3, 0.4) is 0 Å². The molecule has 10 nitrogen and oxygen atoms in total. The van der Waals surface area contributed by atoms with E-state index in [0.717, 1.165) is 21.8 Å². The molecule has 6 rings (SSSR count). The Kier molecular flexibility index (Phi) is 6.36. The molecule has 2 bridgehead atoms. The molecule has 4 aromatic rings. The lowest BCUT2D eigenvalue weighted by molar-refractivity contribution is -0.138. The van der Waals surface area contributed by atoms with Crippen molar-refractivity contribution in [2.24, 2.45) is 5.41 Å². The number of para-hydroxylation sites is 1. The third-order valence-corrected chi connectivity index (χ3v) is 8.22. The number of fused-ring (bicyclic) bond motifs is 4. The normalized spacial score (nSPS) is 19.1. The van der Waals surface area contributed by atoms with Crippen LogP contribution < -0.4 is 5.32 Å². The number of aromatic nitrogens is 2. The number of hydrogen-bond donors (Lipinski definition) is 3. The molecule has 2 aromatic heterocycles. The molecular weight excluding hydrogens is 522 g/mol. The quantitative estimate of drug-likeness (QED) is 0.324. The molecule has 0 spiro atoms. The Labute approximate surface area is 237 Å². The number of nitrogens with one attached hydrogen (secondary N) is 3. The molecular formula is C31H33N5O5. The van der Waals surface area contributed by atoms with Crippen molar-refractivity contribution >= 4 is 45.5 Å². The highest BCUT2D eigenvalue weighted by molar-refractivity contribution is 6.02. The van der Waals surface area contributed by atoms with Crippen molar-refractivity contribution in [2.45, 2.75) is 45.3 Å². The number of piperazine rings is 1. The summed E-state index contributed by atoms with van der Waals surface area (Å²) in [4.78, 5) is 62.3. The Morgan fingerprint density at radius 2 is 1.54 bits per heavy atom. The second kappa shape index (κ2) is 9.79. The number of amides is 3. The van der Waals surface area contributed by atoms with E-state index in [4.69, 9.17) is 4.74 Å². The van der Waals surface area contributed by atoms with E-state index in [1.807, 2.05) is 54.8 Å². The molecule has 41 heavy (non-hydrogen) atoms. The van der Waals surface area contributed by atoms with Gasteiger partial charge in [0, 0.05) is 34.9 Å². The zero-order chi connectivity index (χ0) is 29.1. The molecule has 2 saturated heterocycles. The van der Waals surface area contributed by atoms with Gasteiger partial charge in [-0.3, -0.25) is 14.4 Å². The molecule has 10 heteroatoms. The maximum atomic E-state index is 13.9. The Morgan fingerprint density at radius 3 is 2.22 bits per heavy atom. The highest BCUT2D eigenvalue weighted by Crippen LogP contribution is 2.34. The van der Waals surface area contributed by atoms with Crippen LogP contribution in [0.15, 0.2) is 54.6 Å². The van der Waals surface area contributed by atoms with Gasteiger partial charge in [-0.1, -0.05) is 39.0 Å². The van der Waals surface area contributed by atoms with Crippen molar-refractivity contribution in [3.05, 3.63) is 71.5 Å². The number of carbonyl (C=O) groups excluding carboxylic acids is 4. The van der Waals surface area contributed by atoms with Gasteiger partial charge in [0.1, 0.15) is 17.4 Å². The van der Waals surface area contributed by atoms with E-state index < -0.39 is 17.4 Å². The minimum absolute atomic E-state index is 0.112. The van der Waals surface area contributed by atoms with Gasteiger partial charge in [-0.25, -0.2) is 4.79 Å². The summed E-state index contributed by atoms with van der Waals surface area (Å²) in [6, 6.07) is 15.3. The number of H-pyrrole nitrogens is 2. The Hall–Kier alpha value is -4.60. The molecule has 2 fully saturated rings. The fraction of sp³-hybridized carbons (Fsp3) is 0.355. The molecule has 0 aliphatic carbocycles. The lowest BCUT2D eigenvalue weighted by Crippen LogP contribution is -2.59. The third-order valence-electron chi connectivity index (χ3n) is 8.22. The Bertz CT molecular complexity index is 1660. The number of nitrogens with zero attached hydrogens (tertiary/aromatic N) is 2. The molecule has 3 atom stereocenters. The van der Waals surface area contributed by atoms with Gasteiger partial charge in [-0.05, 0) is 48.2 Å². The average Bonchev–Trinajstić information content (AvgIpc) is 3.75. The van der Waals surface area contributed by atoms with E-state index in [9.17, 15) is 19.2 Å². The minimum atomic E-state index is -0.734. The molecule has 0 radical (unpaired) electrons. The standard InChI is InChI=1S/C31H33N5O5/c1-31(2,3)26(34-27(37)24-12-17-7-5-6-8-22(17)32-24)29(39)36-16-20-14-21(36)15-35(20)28(38)25-13-19-11-18(30(40)41-4)9-10-23(19)33-25/h5-13,20-21,26,32-33H,14-16H2,1-4H3,(H,34,37)/t20-,21-,26?/m0/s1. The summed E-state index contributed by atoms with van der Waals surface area (Å²) in [7, 11) is 1.33. The highest BCUT2D eigenvalue weighted by atomic mass is 16.5. The Balaban J connectivity index is 1.15. The predicted molar refractivity (Wildman–Crippen MR) is 154 cm³/mol. The number of aromatic amines is 2. The van der Waals surface area contributed by atoms with Gasteiger partial charge in [-0.2, -0.15) is 0 Å². The van der Waals surface area contributed by atoms with Gasteiger partial charge in [-0.15, -0.1) is 0 Å². The first-order valence-corrected chi connectivity index (χ1v) is 13.7. The summed E-state index contributed by atoms with van der Waals surface area (Å²) in [6.07, 6.45) is 0.691. The smallest absolute Gasteiger partial charge is 0.337 e. The SMILES string of the molecule is COC(=O)c1ccc2[nH]c(C(=O)N3C[C@@H]4C[C@H]3CN4C(=O)C(NC(=O)c3cc4ccccc4[nH]3)C(C)(C)C)cc2c1. The van der Waals surface area contributed by atoms with Crippen LogP contribution in [0.25, 0.3) is 21.8 Å². The second-order valence-electron chi connectivity index (χ2n) is 12.0. The van der Waals surface area contributed by atoms with Gasteiger partial charge in [0.2, 0.25) is 5.91 Å². The van der Waals surface area contributed by atoms with Gasteiger partial charge in [0.15, 0.2) is 0 Å². The molecule has 2 aromatic carbocycles. The monoisotopic (exact) mass is 555 g/mol. The number of hydrogen-bond acceptors (Lipinski definition) is 5. The first kappa shape index (κ1) is 26.6. The van der Waals surface area contributed by atoms with Crippen LogP contribution in [0, 0.1) is 5.41 Å². The summed E-state index contributed by atoms with van der Waals surface area (Å²) < 4.78 is 4.80. The highest BCUT2D eigenvalue weighted by Gasteiger charge is 2.50. The zero-order valence-electron chi connectivity index (χ0n) is 23.5. The van der Waals surface area contributed by atoms with Crippen LogP contribution in [-0.2, 0) is 9.53 Å². The summed E-state index contributed by atoms with van der Waals surface area (Å²) >= 11 is 0. The van der Waals surface area contributed by atoms with E-state index in [-0.39, 0.29) is 29.8 Å². The van der Waals surface area contributed by atoms with Crippen LogP contribution in [0.2, 0.25) is 0 Å². The molecule has 212 valence electrons. The van der Waals surface area contributed by atoms with E-state index >= 15 is 0 Å². The van der Waals surface area contributed by atoms with Crippen molar-refractivity contribution < 1.29 is 23.9 Å². The maximum absolute atomic E-state index is 13.9. The number of likely N-dealkylation sites (tertiary alicyclic amines) is 2. The van der Waals surface area contributed by atoms with Gasteiger partial charge < -0.3 is 29.8 Å². The number of carbonyl (C=O) groups is 4. The molecule has 2 aliphatic rings. The van der Waals surface area contributed by atoms with Crippen LogP contribution in [0.5, 0.6) is 0 Å². The lowest BCUT2D eigenvalue weighted by atomic mass is 9.85. The fourth-order valence-corrected chi connectivity index (χ4v) is 6.05. The van der Waals surface area contributed by atoms with E-state index in [1.165, 1.54) is 7.11 Å². The maximum Gasteiger partial charge on any atom is 0.337 e. The van der Waals surface area contributed by atoms with Crippen LogP contribution in [-0.4, -0.2) is 81.8 Å². The van der Waals surface area contributed by atoms with Crippen molar-refractivity contribution in [3.63, 3.8) is 0 Å². The molecule has 4 heterocycles. The van der Waals surface area contributed by atoms with Crippen molar-refractivity contribution in [3.8, 4) is 0 Å². The molecule has 1 unspecified atom stereocenters. The zero-order valence-corrected chi connectivity index (χ0v) is 23.5. The number of esters is 1. The molecule has 2 aliphatic heterocycles. The van der Waals surface area contributed by atoms with Crippen molar-refractivity contribution in [1.29, 1.82) is 0 Å². The van der Waals surface area contributed by atoms with Crippen molar-refractivity contribution in [1.82, 2.24) is 25.1 Å². The largest absolute Gasteiger partial charge is 0.465 e. The van der Waals surface area contributed by atoms with Crippen LogP contribution in [0.1, 0.15) is 58.5 Å². The molecule has 3 N–H and O–H groups in total. The van der Waals surface area contributed by atoms with Gasteiger partial charge >= 0.3 is 5.97 Å². The molecule has 3 amide bonds. The predicted octanol–water partition coefficient (Wildman–Crippen LogP) is 3.71. The van der Waals surface area contributed by atoms with E-state index in [1.54, 1.807) is 30.3 Å². The second-order valence-corrected chi connectivity index (χ2v) is 12.0. The first-order valence-electron chi connectivity index (χ1n) is 13.7. The van der Waals surface area contributed by atoms with Gasteiger partial charge in [0.25, 0.3) is 11.8 Å². The number of methoxy groups -OCH3 is 1. The van der Waals surface area contributed by atoms with Crippen LogP contribution >= 0.6 is 0 Å². The average molecular weight is 556 g/mol. The number of ether oxygens (including phenoxy) is 1. The first-order chi connectivity index (χ1) is 19.5. The third kappa shape index (κ3) is 4.73. The van der Waals surface area contributed by atoms with Crippen molar-refractivity contribution in [2.75, 3.05) is 20.2 Å². The Morgan fingerprint density at radius 1 is 0.878 bits per heavy atom. The van der Waals surface area contributed by atoms with Gasteiger partial charge in [0.05, 0.1) is 24.8 Å².